The van der Waals surface area contributed by atoms with Crippen molar-refractivity contribution in [1.82, 2.24) is 4.98 Å². The summed E-state index contributed by atoms with van der Waals surface area (Å²) in [5.41, 5.74) is 12.1. The number of carbonyl (C=O) groups excluding carboxylic acids is 1. The highest BCUT2D eigenvalue weighted by Gasteiger charge is 2.34. The number of urea groups is 1. The molecule has 3 rings (SSSR count). The lowest BCUT2D eigenvalue weighted by Crippen LogP contribution is -2.35. The number of carbonyl (C=O) groups is 1. The Morgan fingerprint density at radius 3 is 2.50 bits per heavy atom. The predicted octanol–water partition coefficient (Wildman–Crippen LogP) is 5.74. The zero-order chi connectivity index (χ0) is 22.1. The van der Waals surface area contributed by atoms with Crippen molar-refractivity contribution in [3.8, 4) is 11.1 Å². The quantitative estimate of drug-likeness (QED) is 0.526. The smallest absolute Gasteiger partial charge is 0.383 e. The van der Waals surface area contributed by atoms with Crippen LogP contribution in [0.1, 0.15) is 11.1 Å². The number of aromatic nitrogens is 1. The molecule has 0 saturated heterocycles. The standard InChI is InChI=1S/C20H15Cl2F3N4O/c21-13-7-15(18(26)28-9-13)12-3-1-2-11(6-12)10-29(19(27)30)14-4-5-17(22)16(8-14)20(23,24)25/h1-9H,10H2,(H2,26,28)(H2,27,30). The van der Waals surface area contributed by atoms with Gasteiger partial charge in [0.2, 0.25) is 0 Å². The van der Waals surface area contributed by atoms with Gasteiger partial charge >= 0.3 is 12.2 Å². The van der Waals surface area contributed by atoms with E-state index >= 15 is 0 Å². The van der Waals surface area contributed by atoms with Crippen LogP contribution >= 0.6 is 23.2 Å². The summed E-state index contributed by atoms with van der Waals surface area (Å²) in [5, 5.41) is -0.0780. The molecule has 0 saturated carbocycles. The van der Waals surface area contributed by atoms with E-state index in [2.05, 4.69) is 4.98 Å². The monoisotopic (exact) mass is 454 g/mol. The van der Waals surface area contributed by atoms with Crippen LogP contribution in [0.15, 0.2) is 54.7 Å². The van der Waals surface area contributed by atoms with Crippen LogP contribution in [0.3, 0.4) is 0 Å². The molecule has 0 aliphatic heterocycles. The number of nitrogens with two attached hydrogens (primary N) is 2. The van der Waals surface area contributed by atoms with Gasteiger partial charge in [0.15, 0.2) is 0 Å². The average Bonchev–Trinajstić information content (AvgIpc) is 2.68. The topological polar surface area (TPSA) is 85.2 Å². The fraction of sp³-hybridized carbons (Fsp3) is 0.100. The van der Waals surface area contributed by atoms with Crippen molar-refractivity contribution in [2.45, 2.75) is 12.7 Å². The first-order valence-corrected chi connectivity index (χ1v) is 9.26. The molecular formula is C20H15Cl2F3N4O. The fourth-order valence-corrected chi connectivity index (χ4v) is 3.28. The Bertz CT molecular complexity index is 1110. The molecule has 10 heteroatoms. The lowest BCUT2D eigenvalue weighted by atomic mass is 10.0. The van der Waals surface area contributed by atoms with Crippen LogP contribution in [0.25, 0.3) is 11.1 Å². The molecule has 30 heavy (non-hydrogen) atoms. The summed E-state index contributed by atoms with van der Waals surface area (Å²) in [6.45, 7) is -0.0734. The molecule has 3 aromatic rings. The van der Waals surface area contributed by atoms with Gasteiger partial charge in [0, 0.05) is 17.4 Å². The van der Waals surface area contributed by atoms with Gasteiger partial charge in [0.05, 0.1) is 22.2 Å². The molecule has 0 fully saturated rings. The lowest BCUT2D eigenvalue weighted by molar-refractivity contribution is -0.137. The minimum absolute atomic E-state index is 0.0337. The number of halogens is 5. The molecule has 0 aliphatic carbocycles. The molecule has 4 N–H and O–H groups in total. The Hall–Kier alpha value is -2.97. The first-order valence-electron chi connectivity index (χ1n) is 8.50. The molecule has 0 spiro atoms. The first kappa shape index (κ1) is 21.7. The molecular weight excluding hydrogens is 440 g/mol. The third-order valence-electron chi connectivity index (χ3n) is 4.30. The number of anilines is 2. The van der Waals surface area contributed by atoms with Gasteiger partial charge in [0.25, 0.3) is 0 Å². The van der Waals surface area contributed by atoms with Crippen molar-refractivity contribution in [3.05, 3.63) is 75.9 Å². The van der Waals surface area contributed by atoms with Gasteiger partial charge in [-0.2, -0.15) is 13.2 Å². The number of hydrogen-bond donors (Lipinski definition) is 2. The molecule has 5 nitrogen and oxygen atoms in total. The third-order valence-corrected chi connectivity index (χ3v) is 4.83. The third kappa shape index (κ3) is 4.77. The van der Waals surface area contributed by atoms with E-state index in [1.807, 2.05) is 0 Å². The van der Waals surface area contributed by atoms with E-state index in [0.717, 1.165) is 17.0 Å². The molecule has 0 bridgehead atoms. The number of amides is 2. The number of nitrogen functional groups attached to an aromatic ring is 1. The number of pyridine rings is 1. The van der Waals surface area contributed by atoms with Crippen LogP contribution < -0.4 is 16.4 Å². The Morgan fingerprint density at radius 1 is 1.10 bits per heavy atom. The van der Waals surface area contributed by atoms with E-state index in [0.29, 0.717) is 21.7 Å². The minimum Gasteiger partial charge on any atom is -0.383 e. The van der Waals surface area contributed by atoms with Crippen LogP contribution in [0, 0.1) is 0 Å². The van der Waals surface area contributed by atoms with Gasteiger partial charge in [-0.25, -0.2) is 9.78 Å². The predicted molar refractivity (Wildman–Crippen MR) is 111 cm³/mol. The second-order valence-corrected chi connectivity index (χ2v) is 7.22. The molecule has 2 aromatic carbocycles. The summed E-state index contributed by atoms with van der Waals surface area (Å²) in [6.07, 6.45) is -3.26. The van der Waals surface area contributed by atoms with Crippen LogP contribution in [0.4, 0.5) is 29.5 Å². The van der Waals surface area contributed by atoms with Gasteiger partial charge in [-0.05, 0) is 41.5 Å². The molecule has 0 atom stereocenters. The van der Waals surface area contributed by atoms with Crippen molar-refractivity contribution < 1.29 is 18.0 Å². The second kappa shape index (κ2) is 8.41. The maximum atomic E-state index is 13.2. The summed E-state index contributed by atoms with van der Waals surface area (Å²) in [7, 11) is 0. The SMILES string of the molecule is NC(=O)N(Cc1cccc(-c2cc(Cl)cnc2N)c1)c1ccc(Cl)c(C(F)(F)F)c1. The van der Waals surface area contributed by atoms with Crippen molar-refractivity contribution in [3.63, 3.8) is 0 Å². The van der Waals surface area contributed by atoms with Gasteiger partial charge in [-0.15, -0.1) is 0 Å². The van der Waals surface area contributed by atoms with Crippen LogP contribution in [0.5, 0.6) is 0 Å². The van der Waals surface area contributed by atoms with Gasteiger partial charge in [0.1, 0.15) is 5.82 Å². The number of nitrogens with zero attached hydrogens (tertiary/aromatic N) is 2. The van der Waals surface area contributed by atoms with Crippen molar-refractivity contribution in [1.29, 1.82) is 0 Å². The fourth-order valence-electron chi connectivity index (χ4n) is 2.90. The molecule has 156 valence electrons. The molecule has 1 heterocycles. The first-order chi connectivity index (χ1) is 14.1. The van der Waals surface area contributed by atoms with E-state index in [1.165, 1.54) is 12.3 Å². The van der Waals surface area contributed by atoms with Crippen LogP contribution in [-0.2, 0) is 12.7 Å². The lowest BCUT2D eigenvalue weighted by Gasteiger charge is -2.22. The summed E-state index contributed by atoms with van der Waals surface area (Å²) < 4.78 is 39.6. The second-order valence-electron chi connectivity index (χ2n) is 6.37. The molecule has 2 amide bonds. The maximum absolute atomic E-state index is 13.2. The summed E-state index contributed by atoms with van der Waals surface area (Å²) in [4.78, 5) is 17.0. The summed E-state index contributed by atoms with van der Waals surface area (Å²) in [6, 6.07) is 10.8. The van der Waals surface area contributed by atoms with Crippen molar-refractivity contribution >= 4 is 40.7 Å². The molecule has 1 aromatic heterocycles. The van der Waals surface area contributed by atoms with Crippen LogP contribution in [-0.4, -0.2) is 11.0 Å². The van der Waals surface area contributed by atoms with Gasteiger partial charge in [-0.1, -0.05) is 41.4 Å². The highest BCUT2D eigenvalue weighted by Crippen LogP contribution is 2.37. The number of alkyl halides is 3. The van der Waals surface area contributed by atoms with E-state index in [1.54, 1.807) is 30.3 Å². The number of primary amides is 1. The van der Waals surface area contributed by atoms with Crippen LogP contribution in [0.2, 0.25) is 10.0 Å². The highest BCUT2D eigenvalue weighted by molar-refractivity contribution is 6.31. The minimum atomic E-state index is -4.67. The average molecular weight is 455 g/mol. The number of rotatable bonds is 4. The Kier molecular flexibility index (Phi) is 6.09. The summed E-state index contributed by atoms with van der Waals surface area (Å²) >= 11 is 11.6. The summed E-state index contributed by atoms with van der Waals surface area (Å²) in [5.74, 6) is 0.260. The van der Waals surface area contributed by atoms with E-state index in [-0.39, 0.29) is 18.1 Å². The normalized spacial score (nSPS) is 11.4. The Labute approximate surface area is 180 Å². The zero-order valence-corrected chi connectivity index (χ0v) is 16.8. The van der Waals surface area contributed by atoms with Gasteiger partial charge in [-0.3, -0.25) is 4.90 Å². The largest absolute Gasteiger partial charge is 0.417 e. The van der Waals surface area contributed by atoms with E-state index in [9.17, 15) is 18.0 Å². The maximum Gasteiger partial charge on any atom is 0.417 e. The molecule has 0 radical (unpaired) electrons. The highest BCUT2D eigenvalue weighted by atomic mass is 35.5. The van der Waals surface area contributed by atoms with E-state index < -0.39 is 22.8 Å². The number of benzene rings is 2. The number of hydrogen-bond acceptors (Lipinski definition) is 3. The zero-order valence-electron chi connectivity index (χ0n) is 15.3. The van der Waals surface area contributed by atoms with Gasteiger partial charge < -0.3 is 11.5 Å². The molecule has 0 aliphatic rings. The Morgan fingerprint density at radius 2 is 1.83 bits per heavy atom. The molecule has 0 unspecified atom stereocenters. The van der Waals surface area contributed by atoms with E-state index in [4.69, 9.17) is 34.7 Å². The van der Waals surface area contributed by atoms with Crippen molar-refractivity contribution in [2.24, 2.45) is 5.73 Å². The Balaban J connectivity index is 1.97. The van der Waals surface area contributed by atoms with Crippen molar-refractivity contribution in [2.75, 3.05) is 10.6 Å².